The monoisotopic (exact) mass is 249 g/mol. The molecule has 0 spiro atoms. The number of nitrogens with one attached hydrogen (secondary N) is 1. The third-order valence-corrected chi connectivity index (χ3v) is 3.30. The fourth-order valence-corrected chi connectivity index (χ4v) is 2.24. The quantitative estimate of drug-likeness (QED) is 0.805. The second-order valence-corrected chi connectivity index (χ2v) is 5.37. The number of nitrogens with zero attached hydrogens (tertiary/aromatic N) is 2. The van der Waals surface area contributed by atoms with Crippen LogP contribution in [-0.4, -0.2) is 24.6 Å². The number of anilines is 1. The fourth-order valence-electron chi connectivity index (χ4n) is 2.24. The molecule has 0 bridgehead atoms. The Morgan fingerprint density at radius 3 is 2.67 bits per heavy atom. The summed E-state index contributed by atoms with van der Waals surface area (Å²) >= 11 is 0. The van der Waals surface area contributed by atoms with Gasteiger partial charge < -0.3 is 10.2 Å². The van der Waals surface area contributed by atoms with Crippen LogP contribution in [0.1, 0.15) is 39.7 Å². The van der Waals surface area contributed by atoms with Crippen molar-refractivity contribution in [3.63, 3.8) is 0 Å². The van der Waals surface area contributed by atoms with Crippen LogP contribution < -0.4 is 10.2 Å². The van der Waals surface area contributed by atoms with E-state index in [0.717, 1.165) is 19.0 Å². The summed E-state index contributed by atoms with van der Waals surface area (Å²) in [5.41, 5.74) is 2.57. The second kappa shape index (κ2) is 7.37. The predicted molar refractivity (Wildman–Crippen MR) is 78.9 cm³/mol. The highest BCUT2D eigenvalue weighted by atomic mass is 15.1. The molecule has 0 saturated carbocycles. The Labute approximate surface area is 112 Å². The molecule has 1 heterocycles. The van der Waals surface area contributed by atoms with E-state index < -0.39 is 0 Å². The molecule has 1 unspecified atom stereocenters. The van der Waals surface area contributed by atoms with Crippen molar-refractivity contribution in [2.75, 3.05) is 18.5 Å². The van der Waals surface area contributed by atoms with Crippen LogP contribution in [0.3, 0.4) is 0 Å². The maximum absolute atomic E-state index is 4.23. The average Bonchev–Trinajstić information content (AvgIpc) is 2.35. The largest absolute Gasteiger partial charge is 0.372 e. The zero-order chi connectivity index (χ0) is 13.5. The Morgan fingerprint density at radius 2 is 2.06 bits per heavy atom. The summed E-state index contributed by atoms with van der Waals surface area (Å²) in [6, 6.07) is 2.66. The Balaban J connectivity index is 2.80. The predicted octanol–water partition coefficient (Wildman–Crippen LogP) is 3.06. The molecule has 18 heavy (non-hydrogen) atoms. The highest BCUT2D eigenvalue weighted by molar-refractivity contribution is 5.52. The first-order chi connectivity index (χ1) is 8.56. The Morgan fingerprint density at radius 1 is 1.33 bits per heavy atom. The summed E-state index contributed by atoms with van der Waals surface area (Å²) in [6.07, 6.45) is 5.05. The molecular weight excluding hydrogens is 222 g/mol. The zero-order valence-corrected chi connectivity index (χ0v) is 12.4. The van der Waals surface area contributed by atoms with Crippen molar-refractivity contribution in [3.8, 4) is 0 Å². The molecule has 3 nitrogen and oxygen atoms in total. The van der Waals surface area contributed by atoms with Gasteiger partial charge in [-0.25, -0.2) is 0 Å². The molecule has 0 radical (unpaired) electrons. The molecule has 0 aliphatic heterocycles. The van der Waals surface area contributed by atoms with E-state index in [1.807, 2.05) is 12.4 Å². The number of pyridine rings is 1. The van der Waals surface area contributed by atoms with Crippen LogP contribution in [0.4, 0.5) is 5.69 Å². The summed E-state index contributed by atoms with van der Waals surface area (Å²) in [4.78, 5) is 6.60. The molecule has 0 aliphatic rings. The van der Waals surface area contributed by atoms with Gasteiger partial charge in [-0.3, -0.25) is 4.98 Å². The van der Waals surface area contributed by atoms with E-state index in [9.17, 15) is 0 Å². The first-order valence-corrected chi connectivity index (χ1v) is 6.92. The second-order valence-electron chi connectivity index (χ2n) is 5.37. The van der Waals surface area contributed by atoms with Crippen molar-refractivity contribution in [1.29, 1.82) is 0 Å². The highest BCUT2D eigenvalue weighted by Gasteiger charge is 2.14. The maximum atomic E-state index is 4.23. The lowest BCUT2D eigenvalue weighted by molar-refractivity contribution is 0.503. The lowest BCUT2D eigenvalue weighted by Crippen LogP contribution is -2.31. The topological polar surface area (TPSA) is 28.2 Å². The van der Waals surface area contributed by atoms with Gasteiger partial charge in [0.25, 0.3) is 0 Å². The molecule has 0 saturated heterocycles. The molecule has 3 heteroatoms. The van der Waals surface area contributed by atoms with Crippen molar-refractivity contribution in [1.82, 2.24) is 10.3 Å². The standard InChI is InChI=1S/C15H27N3/c1-6-16-10-14-11-17-8-7-15(14)18(5)13(4)9-12(2)3/h7-8,11-13,16H,6,9-10H2,1-5H3. The fraction of sp³-hybridized carbons (Fsp3) is 0.667. The van der Waals surface area contributed by atoms with Gasteiger partial charge in [0.05, 0.1) is 0 Å². The third-order valence-electron chi connectivity index (χ3n) is 3.30. The molecule has 0 fully saturated rings. The summed E-state index contributed by atoms with van der Waals surface area (Å²) in [6.45, 7) is 10.8. The van der Waals surface area contributed by atoms with E-state index in [0.29, 0.717) is 6.04 Å². The molecular formula is C15H27N3. The van der Waals surface area contributed by atoms with Gasteiger partial charge in [-0.1, -0.05) is 20.8 Å². The van der Waals surface area contributed by atoms with Crippen molar-refractivity contribution in [2.24, 2.45) is 5.92 Å². The summed E-state index contributed by atoms with van der Waals surface area (Å²) in [5.74, 6) is 0.724. The Bertz CT molecular complexity index is 349. The maximum Gasteiger partial charge on any atom is 0.0442 e. The van der Waals surface area contributed by atoms with Gasteiger partial charge in [0.1, 0.15) is 0 Å². The van der Waals surface area contributed by atoms with Crippen molar-refractivity contribution < 1.29 is 0 Å². The Hall–Kier alpha value is -1.09. The zero-order valence-electron chi connectivity index (χ0n) is 12.4. The molecule has 1 N–H and O–H groups in total. The van der Waals surface area contributed by atoms with Crippen LogP contribution in [0, 0.1) is 5.92 Å². The van der Waals surface area contributed by atoms with E-state index in [4.69, 9.17) is 0 Å². The van der Waals surface area contributed by atoms with E-state index in [-0.39, 0.29) is 0 Å². The molecule has 1 atom stereocenters. The SMILES string of the molecule is CCNCc1cnccc1N(C)C(C)CC(C)C. The highest BCUT2D eigenvalue weighted by Crippen LogP contribution is 2.22. The van der Waals surface area contributed by atoms with Crippen molar-refractivity contribution in [2.45, 2.75) is 46.7 Å². The average molecular weight is 249 g/mol. The number of hydrogen-bond donors (Lipinski definition) is 1. The minimum Gasteiger partial charge on any atom is -0.372 e. The molecule has 1 aromatic rings. The normalized spacial score (nSPS) is 12.8. The van der Waals surface area contributed by atoms with E-state index in [2.05, 4.69) is 56.0 Å². The molecule has 1 rings (SSSR count). The molecule has 102 valence electrons. The third kappa shape index (κ3) is 4.30. The lowest BCUT2D eigenvalue weighted by Gasteiger charge is -2.30. The Kier molecular flexibility index (Phi) is 6.13. The van der Waals surface area contributed by atoms with E-state index >= 15 is 0 Å². The number of aromatic nitrogens is 1. The van der Waals surface area contributed by atoms with Crippen molar-refractivity contribution >= 4 is 5.69 Å². The van der Waals surface area contributed by atoms with E-state index in [1.54, 1.807) is 0 Å². The van der Waals surface area contributed by atoms with Crippen LogP contribution in [0.15, 0.2) is 18.5 Å². The molecule has 1 aromatic heterocycles. The first-order valence-electron chi connectivity index (χ1n) is 6.92. The smallest absolute Gasteiger partial charge is 0.0442 e. The van der Waals surface area contributed by atoms with E-state index in [1.165, 1.54) is 17.7 Å². The van der Waals surface area contributed by atoms with Crippen LogP contribution in [0.5, 0.6) is 0 Å². The van der Waals surface area contributed by atoms with Crippen LogP contribution >= 0.6 is 0 Å². The van der Waals surface area contributed by atoms with Gasteiger partial charge in [-0.05, 0) is 31.9 Å². The first kappa shape index (κ1) is 15.0. The summed E-state index contributed by atoms with van der Waals surface area (Å²) in [5, 5.41) is 3.37. The molecule has 0 aliphatic carbocycles. The molecule has 0 amide bonds. The van der Waals surface area contributed by atoms with Gasteiger partial charge in [0, 0.05) is 43.3 Å². The van der Waals surface area contributed by atoms with Gasteiger partial charge in [-0.2, -0.15) is 0 Å². The summed E-state index contributed by atoms with van der Waals surface area (Å²) in [7, 11) is 2.18. The summed E-state index contributed by atoms with van der Waals surface area (Å²) < 4.78 is 0. The van der Waals surface area contributed by atoms with Crippen LogP contribution in [0.2, 0.25) is 0 Å². The van der Waals surface area contributed by atoms with Gasteiger partial charge in [-0.15, -0.1) is 0 Å². The van der Waals surface area contributed by atoms with Gasteiger partial charge in [0.2, 0.25) is 0 Å². The van der Waals surface area contributed by atoms with Gasteiger partial charge in [0.15, 0.2) is 0 Å². The molecule has 0 aromatic carbocycles. The number of hydrogen-bond acceptors (Lipinski definition) is 3. The minimum atomic E-state index is 0.549. The lowest BCUT2D eigenvalue weighted by atomic mass is 10.0. The van der Waals surface area contributed by atoms with Crippen LogP contribution in [-0.2, 0) is 6.54 Å². The van der Waals surface area contributed by atoms with Crippen molar-refractivity contribution in [3.05, 3.63) is 24.0 Å². The van der Waals surface area contributed by atoms with Gasteiger partial charge >= 0.3 is 0 Å². The minimum absolute atomic E-state index is 0.549. The number of rotatable bonds is 7. The van der Waals surface area contributed by atoms with Crippen LogP contribution in [0.25, 0.3) is 0 Å².